The largest absolute Gasteiger partial charge is 0.507 e. The lowest BCUT2D eigenvalue weighted by Crippen LogP contribution is -2.27. The van der Waals surface area contributed by atoms with Crippen LogP contribution < -0.4 is 0 Å². The highest BCUT2D eigenvalue weighted by molar-refractivity contribution is 5.86. The van der Waals surface area contributed by atoms with E-state index in [1.165, 1.54) is 0 Å². The maximum absolute atomic E-state index is 10.9. The van der Waals surface area contributed by atoms with Gasteiger partial charge in [0.15, 0.2) is 0 Å². The summed E-state index contributed by atoms with van der Waals surface area (Å²) in [6.07, 6.45) is 7.88. The van der Waals surface area contributed by atoms with E-state index in [-0.39, 0.29) is 22.9 Å². The van der Waals surface area contributed by atoms with Crippen LogP contribution in [-0.2, 0) is 10.8 Å². The summed E-state index contributed by atoms with van der Waals surface area (Å²) in [5, 5.41) is 21.8. The Labute approximate surface area is 205 Å². The van der Waals surface area contributed by atoms with Gasteiger partial charge in [-0.25, -0.2) is 0 Å². The zero-order valence-electron chi connectivity index (χ0n) is 22.2. The molecule has 184 valence electrons. The van der Waals surface area contributed by atoms with E-state index < -0.39 is 0 Å². The predicted molar refractivity (Wildman–Crippen MR) is 144 cm³/mol. The van der Waals surface area contributed by atoms with E-state index in [9.17, 15) is 10.2 Å². The monoisotopic (exact) mass is 462 g/mol. The summed E-state index contributed by atoms with van der Waals surface area (Å²) in [4.78, 5) is 9.82. The Balaban J connectivity index is 1.88. The van der Waals surface area contributed by atoms with Gasteiger partial charge in [-0.1, -0.05) is 66.5 Å². The molecule has 0 radical (unpaired) electrons. The van der Waals surface area contributed by atoms with Gasteiger partial charge in [0.25, 0.3) is 0 Å². The van der Waals surface area contributed by atoms with Gasteiger partial charge in [0.2, 0.25) is 0 Å². The van der Waals surface area contributed by atoms with Crippen molar-refractivity contribution in [3.05, 3.63) is 57.6 Å². The molecule has 4 nitrogen and oxygen atoms in total. The first-order valence-electron chi connectivity index (χ1n) is 12.5. The molecule has 0 aliphatic heterocycles. The Hall–Kier alpha value is -2.62. The van der Waals surface area contributed by atoms with Crippen LogP contribution in [0.15, 0.2) is 34.3 Å². The Morgan fingerprint density at radius 2 is 1.03 bits per heavy atom. The van der Waals surface area contributed by atoms with Gasteiger partial charge < -0.3 is 10.2 Å². The standard InChI is InChI=1S/C30H42N2O2/c1-19-13-21(27(33)23(15-19)29(3,4)5)17-31-25-11-9-10-12-26(25)32-18-22-14-20(2)16-24(28(22)34)30(6,7)8/h13-18,25-26,33-34H,9-12H2,1-8H3/t25-,26?/m0/s1. The summed E-state index contributed by atoms with van der Waals surface area (Å²) in [5.74, 6) is 0.634. The minimum Gasteiger partial charge on any atom is -0.507 e. The molecule has 1 fully saturated rings. The SMILES string of the molecule is Cc1cc(C=NC2CCCC[C@@H]2N=Cc2cc(C)cc(C(C)(C)C)c2O)c(O)c(C(C)(C)C)c1. The smallest absolute Gasteiger partial charge is 0.128 e. The number of hydrogen-bond acceptors (Lipinski definition) is 4. The van der Waals surface area contributed by atoms with Gasteiger partial charge in [-0.3, -0.25) is 9.98 Å². The fourth-order valence-electron chi connectivity index (χ4n) is 4.75. The average molecular weight is 463 g/mol. The summed E-state index contributed by atoms with van der Waals surface area (Å²) in [7, 11) is 0. The fourth-order valence-corrected chi connectivity index (χ4v) is 4.75. The average Bonchev–Trinajstić information content (AvgIpc) is 2.73. The first-order valence-corrected chi connectivity index (χ1v) is 12.5. The molecule has 2 atom stereocenters. The molecule has 1 aliphatic rings. The van der Waals surface area contributed by atoms with Crippen molar-refractivity contribution in [3.63, 3.8) is 0 Å². The van der Waals surface area contributed by atoms with Crippen LogP contribution in [0.5, 0.6) is 11.5 Å². The lowest BCUT2D eigenvalue weighted by molar-refractivity contribution is 0.390. The van der Waals surface area contributed by atoms with Crippen LogP contribution >= 0.6 is 0 Å². The molecule has 2 aromatic carbocycles. The van der Waals surface area contributed by atoms with Crippen molar-refractivity contribution in [2.24, 2.45) is 9.98 Å². The predicted octanol–water partition coefficient (Wildman–Crippen LogP) is 7.16. The van der Waals surface area contributed by atoms with E-state index in [4.69, 9.17) is 9.98 Å². The van der Waals surface area contributed by atoms with Crippen LogP contribution in [0, 0.1) is 13.8 Å². The van der Waals surface area contributed by atoms with Crippen molar-refractivity contribution >= 4 is 12.4 Å². The Kier molecular flexibility index (Phi) is 7.59. The molecule has 0 spiro atoms. The van der Waals surface area contributed by atoms with Gasteiger partial charge in [0.05, 0.1) is 12.1 Å². The van der Waals surface area contributed by atoms with E-state index >= 15 is 0 Å². The van der Waals surface area contributed by atoms with E-state index in [1.807, 2.05) is 24.6 Å². The summed E-state index contributed by atoms with van der Waals surface area (Å²) in [6, 6.07) is 8.23. The van der Waals surface area contributed by atoms with Crippen LogP contribution in [0.3, 0.4) is 0 Å². The Bertz CT molecular complexity index is 997. The van der Waals surface area contributed by atoms with Gasteiger partial charge in [0, 0.05) is 34.7 Å². The molecule has 1 aliphatic carbocycles. The van der Waals surface area contributed by atoms with Gasteiger partial charge in [-0.15, -0.1) is 0 Å². The topological polar surface area (TPSA) is 65.2 Å². The van der Waals surface area contributed by atoms with Crippen molar-refractivity contribution < 1.29 is 10.2 Å². The van der Waals surface area contributed by atoms with Crippen molar-refractivity contribution in [1.82, 2.24) is 0 Å². The van der Waals surface area contributed by atoms with Crippen molar-refractivity contribution in [1.29, 1.82) is 0 Å². The second kappa shape index (κ2) is 9.93. The van der Waals surface area contributed by atoms with Crippen LogP contribution in [0.1, 0.15) is 101 Å². The summed E-state index contributed by atoms with van der Waals surface area (Å²) >= 11 is 0. The van der Waals surface area contributed by atoms with Crippen molar-refractivity contribution in [2.75, 3.05) is 0 Å². The second-order valence-electron chi connectivity index (χ2n) is 12.0. The van der Waals surface area contributed by atoms with E-state index in [0.717, 1.165) is 59.1 Å². The molecule has 34 heavy (non-hydrogen) atoms. The zero-order chi connectivity index (χ0) is 25.3. The molecule has 2 aromatic rings. The molecule has 2 N–H and O–H groups in total. The molecule has 0 amide bonds. The van der Waals surface area contributed by atoms with Crippen LogP contribution in [-0.4, -0.2) is 34.7 Å². The second-order valence-corrected chi connectivity index (χ2v) is 12.0. The molecule has 0 heterocycles. The number of hydrogen-bond donors (Lipinski definition) is 2. The molecule has 3 rings (SSSR count). The van der Waals surface area contributed by atoms with Crippen molar-refractivity contribution in [2.45, 2.75) is 104 Å². The highest BCUT2D eigenvalue weighted by Gasteiger charge is 2.25. The fraction of sp³-hybridized carbons (Fsp3) is 0.533. The number of benzene rings is 2. The highest BCUT2D eigenvalue weighted by Crippen LogP contribution is 2.35. The van der Waals surface area contributed by atoms with Crippen LogP contribution in [0.2, 0.25) is 0 Å². The van der Waals surface area contributed by atoms with Gasteiger partial charge in [-0.05, 0) is 60.8 Å². The molecule has 1 unspecified atom stereocenters. The van der Waals surface area contributed by atoms with Gasteiger partial charge >= 0.3 is 0 Å². The van der Waals surface area contributed by atoms with E-state index in [1.54, 1.807) is 0 Å². The molecule has 1 saturated carbocycles. The lowest BCUT2D eigenvalue weighted by atomic mass is 9.84. The van der Waals surface area contributed by atoms with Gasteiger partial charge in [-0.2, -0.15) is 0 Å². The number of rotatable bonds is 4. The van der Waals surface area contributed by atoms with E-state index in [0.29, 0.717) is 11.5 Å². The molecule has 0 bridgehead atoms. The first kappa shape index (κ1) is 26.0. The maximum Gasteiger partial charge on any atom is 0.128 e. The first-order chi connectivity index (χ1) is 15.8. The number of nitrogens with zero attached hydrogens (tertiary/aromatic N) is 2. The third kappa shape index (κ3) is 6.08. The summed E-state index contributed by atoms with van der Waals surface area (Å²) in [5.41, 5.74) is 5.37. The van der Waals surface area contributed by atoms with Crippen LogP contribution in [0.4, 0.5) is 0 Å². The number of aromatic hydroxyl groups is 2. The summed E-state index contributed by atoms with van der Waals surface area (Å²) in [6.45, 7) is 16.8. The molecule has 4 heteroatoms. The lowest BCUT2D eigenvalue weighted by Gasteiger charge is -2.26. The quantitative estimate of drug-likeness (QED) is 0.473. The molecule has 0 saturated heterocycles. The summed E-state index contributed by atoms with van der Waals surface area (Å²) < 4.78 is 0. The highest BCUT2D eigenvalue weighted by atomic mass is 16.3. The molecule has 0 aromatic heterocycles. The maximum atomic E-state index is 10.9. The molecular weight excluding hydrogens is 420 g/mol. The number of aryl methyl sites for hydroxylation is 2. The zero-order valence-corrected chi connectivity index (χ0v) is 22.2. The van der Waals surface area contributed by atoms with Crippen LogP contribution in [0.25, 0.3) is 0 Å². The van der Waals surface area contributed by atoms with E-state index in [2.05, 4.69) is 67.5 Å². The minimum atomic E-state index is -0.141. The Morgan fingerprint density at radius 3 is 1.35 bits per heavy atom. The number of aliphatic imine (C=N–C) groups is 2. The van der Waals surface area contributed by atoms with Crippen molar-refractivity contribution in [3.8, 4) is 11.5 Å². The Morgan fingerprint density at radius 1 is 0.676 bits per heavy atom. The minimum absolute atomic E-state index is 0.0667. The molecular formula is C30H42N2O2. The normalized spacial score (nSPS) is 19.9. The number of phenols is 2. The van der Waals surface area contributed by atoms with Gasteiger partial charge in [0.1, 0.15) is 11.5 Å². The number of phenolic OH excluding ortho intramolecular Hbond substituents is 2. The third-order valence-corrected chi connectivity index (χ3v) is 6.69. The third-order valence-electron chi connectivity index (χ3n) is 6.69.